The minimum Gasteiger partial charge on any atom is -0.271 e. The Morgan fingerprint density at radius 3 is 2.67 bits per heavy atom. The van der Waals surface area contributed by atoms with Gasteiger partial charge in [0.1, 0.15) is 0 Å². The van der Waals surface area contributed by atoms with Gasteiger partial charge in [0.25, 0.3) is 0 Å². The molecule has 0 aliphatic heterocycles. The van der Waals surface area contributed by atoms with Gasteiger partial charge in [-0.15, -0.1) is 5.10 Å². The van der Waals surface area contributed by atoms with Gasteiger partial charge in [0.2, 0.25) is 0 Å². The van der Waals surface area contributed by atoms with E-state index >= 15 is 0 Å². The lowest BCUT2D eigenvalue weighted by Crippen LogP contribution is -2.30. The number of nitrogens with two attached hydrogens (primary N) is 1. The van der Waals surface area contributed by atoms with Crippen LogP contribution in [0.5, 0.6) is 0 Å². The minimum atomic E-state index is 0.0274. The fraction of sp³-hybridized carbons (Fsp3) is 0.333. The number of aryl methyl sites for hydroxylation is 2. The fourth-order valence-electron chi connectivity index (χ4n) is 1.96. The lowest BCUT2D eigenvalue weighted by Gasteiger charge is -2.16. The summed E-state index contributed by atoms with van der Waals surface area (Å²) in [6, 6.07) is 10.4. The van der Waals surface area contributed by atoms with Crippen molar-refractivity contribution in [1.82, 2.24) is 20.4 Å². The van der Waals surface area contributed by atoms with Crippen LogP contribution >= 0.6 is 15.9 Å². The van der Waals surface area contributed by atoms with E-state index in [2.05, 4.69) is 43.8 Å². The van der Waals surface area contributed by atoms with Gasteiger partial charge >= 0.3 is 0 Å². The summed E-state index contributed by atoms with van der Waals surface area (Å²) in [4.78, 5) is 0. The number of hydrogen-bond donors (Lipinski definition) is 2. The lowest BCUT2D eigenvalue weighted by molar-refractivity contribution is 0.478. The summed E-state index contributed by atoms with van der Waals surface area (Å²) in [7, 11) is 1.86. The summed E-state index contributed by atoms with van der Waals surface area (Å²) < 4.78 is 2.47. The van der Waals surface area contributed by atoms with E-state index in [0.29, 0.717) is 0 Å². The highest BCUT2D eigenvalue weighted by Crippen LogP contribution is 2.23. The molecule has 1 aromatic heterocycles. The van der Waals surface area contributed by atoms with Crippen molar-refractivity contribution in [2.45, 2.75) is 18.9 Å². The number of hydrazine groups is 1. The van der Waals surface area contributed by atoms with Gasteiger partial charge in [-0.05, 0) is 34.3 Å². The standard InChI is InChI=1S/C12H16BrN5/c1-18-11(12(13)16-17-18)10(15-14)8-7-9-5-3-2-4-6-9/h2-6,10,15H,7-8,14H2,1H3. The molecule has 0 aliphatic rings. The highest BCUT2D eigenvalue weighted by molar-refractivity contribution is 9.10. The number of nitrogens with zero attached hydrogens (tertiary/aromatic N) is 3. The third kappa shape index (κ3) is 2.95. The molecule has 5 nitrogen and oxygen atoms in total. The first-order chi connectivity index (χ1) is 8.72. The minimum absolute atomic E-state index is 0.0274. The van der Waals surface area contributed by atoms with Crippen molar-refractivity contribution in [3.8, 4) is 0 Å². The molecule has 1 unspecified atom stereocenters. The third-order valence-electron chi connectivity index (χ3n) is 2.92. The molecule has 0 bridgehead atoms. The van der Waals surface area contributed by atoms with Gasteiger partial charge in [0, 0.05) is 7.05 Å². The average Bonchev–Trinajstić information content (AvgIpc) is 2.73. The van der Waals surface area contributed by atoms with Gasteiger partial charge in [-0.2, -0.15) is 0 Å². The molecule has 0 radical (unpaired) electrons. The molecule has 0 fully saturated rings. The van der Waals surface area contributed by atoms with E-state index in [-0.39, 0.29) is 6.04 Å². The molecule has 96 valence electrons. The van der Waals surface area contributed by atoms with Crippen molar-refractivity contribution in [2.75, 3.05) is 0 Å². The van der Waals surface area contributed by atoms with Crippen molar-refractivity contribution >= 4 is 15.9 Å². The van der Waals surface area contributed by atoms with E-state index in [1.54, 1.807) is 4.68 Å². The first-order valence-electron chi connectivity index (χ1n) is 5.77. The van der Waals surface area contributed by atoms with Crippen LogP contribution in [0.15, 0.2) is 34.9 Å². The number of halogens is 1. The van der Waals surface area contributed by atoms with Crippen LogP contribution in [0.1, 0.15) is 23.7 Å². The smallest absolute Gasteiger partial charge is 0.153 e. The highest BCUT2D eigenvalue weighted by Gasteiger charge is 2.18. The van der Waals surface area contributed by atoms with Gasteiger partial charge in [0.05, 0.1) is 11.7 Å². The average molecular weight is 310 g/mol. The Bertz CT molecular complexity index is 477. The molecule has 2 rings (SSSR count). The lowest BCUT2D eigenvalue weighted by atomic mass is 10.0. The summed E-state index contributed by atoms with van der Waals surface area (Å²) in [6.07, 6.45) is 1.84. The van der Waals surface area contributed by atoms with Crippen LogP contribution in [-0.2, 0) is 13.5 Å². The number of benzene rings is 1. The Kier molecular flexibility index (Phi) is 4.46. The van der Waals surface area contributed by atoms with Crippen LogP contribution in [0.3, 0.4) is 0 Å². The Balaban J connectivity index is 2.07. The topological polar surface area (TPSA) is 68.8 Å². The van der Waals surface area contributed by atoms with E-state index in [4.69, 9.17) is 5.84 Å². The second-order valence-corrected chi connectivity index (χ2v) is 4.88. The number of aromatic nitrogens is 3. The highest BCUT2D eigenvalue weighted by atomic mass is 79.9. The van der Waals surface area contributed by atoms with Crippen molar-refractivity contribution in [3.05, 3.63) is 46.2 Å². The van der Waals surface area contributed by atoms with Gasteiger partial charge in [-0.25, -0.2) is 4.68 Å². The molecule has 0 spiro atoms. The van der Waals surface area contributed by atoms with E-state index in [1.807, 2.05) is 25.2 Å². The molecule has 0 amide bonds. The summed E-state index contributed by atoms with van der Waals surface area (Å²) in [6.45, 7) is 0. The maximum absolute atomic E-state index is 5.63. The normalized spacial score (nSPS) is 12.6. The Labute approximate surface area is 114 Å². The Morgan fingerprint density at radius 1 is 1.39 bits per heavy atom. The molecule has 6 heteroatoms. The van der Waals surface area contributed by atoms with Gasteiger partial charge in [0.15, 0.2) is 4.60 Å². The summed E-state index contributed by atoms with van der Waals surface area (Å²) in [5, 5.41) is 7.94. The molecule has 0 saturated heterocycles. The SMILES string of the molecule is Cn1nnc(Br)c1C(CCc1ccccc1)NN. The molecule has 2 aromatic rings. The van der Waals surface area contributed by atoms with Gasteiger partial charge in [-0.1, -0.05) is 35.5 Å². The maximum Gasteiger partial charge on any atom is 0.153 e. The van der Waals surface area contributed by atoms with Crippen LogP contribution < -0.4 is 11.3 Å². The van der Waals surface area contributed by atoms with Crippen LogP contribution in [0, 0.1) is 0 Å². The zero-order valence-corrected chi connectivity index (χ0v) is 11.8. The molecule has 3 N–H and O–H groups in total. The second kappa shape index (κ2) is 6.08. The molecule has 1 heterocycles. The number of nitrogens with one attached hydrogen (secondary N) is 1. The molecule has 1 atom stereocenters. The van der Waals surface area contributed by atoms with Crippen molar-refractivity contribution < 1.29 is 0 Å². The largest absolute Gasteiger partial charge is 0.271 e. The predicted molar refractivity (Wildman–Crippen MR) is 73.5 cm³/mol. The Morgan fingerprint density at radius 2 is 2.11 bits per heavy atom. The molecule has 18 heavy (non-hydrogen) atoms. The fourth-order valence-corrected chi connectivity index (χ4v) is 2.57. The first-order valence-corrected chi connectivity index (χ1v) is 6.56. The molecule has 0 saturated carbocycles. The number of hydrogen-bond acceptors (Lipinski definition) is 4. The van der Waals surface area contributed by atoms with Crippen LogP contribution in [0.2, 0.25) is 0 Å². The van der Waals surface area contributed by atoms with Gasteiger partial charge in [-0.3, -0.25) is 11.3 Å². The summed E-state index contributed by atoms with van der Waals surface area (Å²) in [5.41, 5.74) is 5.09. The van der Waals surface area contributed by atoms with E-state index in [9.17, 15) is 0 Å². The zero-order valence-electron chi connectivity index (χ0n) is 10.2. The van der Waals surface area contributed by atoms with E-state index < -0.39 is 0 Å². The van der Waals surface area contributed by atoms with Gasteiger partial charge < -0.3 is 0 Å². The third-order valence-corrected chi connectivity index (χ3v) is 3.49. The van der Waals surface area contributed by atoms with Crippen LogP contribution in [0.25, 0.3) is 0 Å². The van der Waals surface area contributed by atoms with Crippen LogP contribution in [0.4, 0.5) is 0 Å². The summed E-state index contributed by atoms with van der Waals surface area (Å²) in [5.74, 6) is 5.63. The van der Waals surface area contributed by atoms with Crippen molar-refractivity contribution in [2.24, 2.45) is 12.9 Å². The first kappa shape index (κ1) is 13.2. The van der Waals surface area contributed by atoms with Crippen LogP contribution in [-0.4, -0.2) is 15.0 Å². The van der Waals surface area contributed by atoms with Crippen molar-refractivity contribution in [3.63, 3.8) is 0 Å². The summed E-state index contributed by atoms with van der Waals surface area (Å²) >= 11 is 3.39. The molecular weight excluding hydrogens is 294 g/mol. The predicted octanol–water partition coefficient (Wildman–Crippen LogP) is 1.71. The number of rotatable bonds is 5. The van der Waals surface area contributed by atoms with Crippen molar-refractivity contribution in [1.29, 1.82) is 0 Å². The van der Waals surface area contributed by atoms with E-state index in [0.717, 1.165) is 23.1 Å². The monoisotopic (exact) mass is 309 g/mol. The quantitative estimate of drug-likeness (QED) is 0.652. The maximum atomic E-state index is 5.63. The molecule has 1 aromatic carbocycles. The second-order valence-electron chi connectivity index (χ2n) is 4.13. The molecule has 0 aliphatic carbocycles. The Hall–Kier alpha value is -1.24. The van der Waals surface area contributed by atoms with E-state index in [1.165, 1.54) is 5.56 Å². The zero-order chi connectivity index (χ0) is 13.0. The molecular formula is C12H16BrN5.